The Labute approximate surface area is 443 Å². The number of methoxy groups -OCH3 is 2. The zero-order valence-electron chi connectivity index (χ0n) is 42.7. The van der Waals surface area contributed by atoms with Gasteiger partial charge >= 0.3 is 0 Å². The molecule has 0 aromatic heterocycles. The van der Waals surface area contributed by atoms with Crippen molar-refractivity contribution in [3.8, 4) is 23.0 Å². The van der Waals surface area contributed by atoms with Crippen LogP contribution in [0.15, 0.2) is 101 Å². The van der Waals surface area contributed by atoms with Crippen LogP contribution in [0, 0.1) is 11.8 Å². The van der Waals surface area contributed by atoms with E-state index in [0.29, 0.717) is 101 Å². The van der Waals surface area contributed by atoms with Crippen molar-refractivity contribution >= 4 is 82.2 Å². The third-order valence-corrected chi connectivity index (χ3v) is 14.4. The Hall–Kier alpha value is -9.07. The Morgan fingerprint density at radius 2 is 1.01 bits per heavy atom. The average molecular weight is 1040 g/mol. The number of hydrogen-bond acceptors (Lipinski definition) is 13. The van der Waals surface area contributed by atoms with Gasteiger partial charge in [-0.25, -0.2) is 0 Å². The molecule has 1 aliphatic carbocycles. The van der Waals surface area contributed by atoms with Crippen molar-refractivity contribution < 1.29 is 52.5 Å². The first-order valence-corrected chi connectivity index (χ1v) is 25.4. The van der Waals surface area contributed by atoms with E-state index in [4.69, 9.17) is 28.9 Å². The summed E-state index contributed by atoms with van der Waals surface area (Å²) in [6.07, 6.45) is 7.05. The number of nitrogens with one attached hydrogen (secondary N) is 5. The maximum atomic E-state index is 14.1. The smallest absolute Gasteiger partial charge is 0.261 e. The molecule has 1 saturated carbocycles. The predicted octanol–water partition coefficient (Wildman–Crippen LogP) is 5.28. The molecule has 5 aromatic rings. The van der Waals surface area contributed by atoms with Gasteiger partial charge in [0.1, 0.15) is 13.2 Å². The molecule has 1 fully saturated rings. The van der Waals surface area contributed by atoms with Crippen LogP contribution in [0.5, 0.6) is 23.0 Å². The quantitative estimate of drug-likeness (QED) is 0.0802. The summed E-state index contributed by atoms with van der Waals surface area (Å²) in [7, 11) is 4.55. The molecular weight excluding hydrogens is 987 g/mol. The van der Waals surface area contributed by atoms with E-state index >= 15 is 0 Å². The zero-order chi connectivity index (χ0) is 53.7. The second kappa shape index (κ2) is 22.4. The summed E-state index contributed by atoms with van der Waals surface area (Å²) in [5.41, 5.74) is 6.87. The van der Waals surface area contributed by atoms with Gasteiger partial charge in [0.2, 0.25) is 29.5 Å². The third-order valence-electron chi connectivity index (χ3n) is 14.4. The van der Waals surface area contributed by atoms with Gasteiger partial charge in [0.25, 0.3) is 11.8 Å². The normalized spacial score (nSPS) is 18.4. The van der Waals surface area contributed by atoms with Crippen molar-refractivity contribution in [3.05, 3.63) is 124 Å². The molecule has 0 radical (unpaired) electrons. The Morgan fingerprint density at radius 3 is 1.49 bits per heavy atom. The third kappa shape index (κ3) is 11.0. The summed E-state index contributed by atoms with van der Waals surface area (Å²) in [5.74, 6) is -1.75. The highest BCUT2D eigenvalue weighted by molar-refractivity contribution is 6.16. The summed E-state index contributed by atoms with van der Waals surface area (Å²) in [4.78, 5) is 104. The number of ether oxygens (including phenoxy) is 4. The van der Waals surface area contributed by atoms with Crippen molar-refractivity contribution in [2.24, 2.45) is 21.8 Å². The minimum Gasteiger partial charge on any atom is -0.493 e. The van der Waals surface area contributed by atoms with Gasteiger partial charge in [-0.15, -0.1) is 0 Å². The van der Waals surface area contributed by atoms with Crippen LogP contribution in [-0.4, -0.2) is 107 Å². The van der Waals surface area contributed by atoms with Crippen molar-refractivity contribution in [3.63, 3.8) is 0 Å². The van der Waals surface area contributed by atoms with Crippen molar-refractivity contribution in [2.45, 2.75) is 63.8 Å². The average Bonchev–Trinajstić information content (AvgIpc) is 4.01. The molecule has 7 amide bonds. The van der Waals surface area contributed by atoms with Crippen LogP contribution in [0.3, 0.4) is 0 Å². The van der Waals surface area contributed by atoms with Crippen LogP contribution >= 0.6 is 0 Å². The molecule has 396 valence electrons. The van der Waals surface area contributed by atoms with Gasteiger partial charge in [-0.3, -0.25) is 53.3 Å². The monoisotopic (exact) mass is 1040 g/mol. The van der Waals surface area contributed by atoms with E-state index in [0.717, 1.165) is 22.5 Å². The Morgan fingerprint density at radius 1 is 0.558 bits per heavy atom. The number of carbonyl (C=O) groups is 7. The van der Waals surface area contributed by atoms with Crippen LogP contribution < -0.4 is 55.3 Å². The van der Waals surface area contributed by atoms with Gasteiger partial charge in [-0.2, -0.15) is 0 Å². The second-order valence-electron chi connectivity index (χ2n) is 19.3. The number of para-hydroxylation sites is 2. The Bertz CT molecular complexity index is 3100. The lowest BCUT2D eigenvalue weighted by atomic mass is 9.81. The molecule has 5 aliphatic rings. The van der Waals surface area contributed by atoms with Gasteiger partial charge in [0.15, 0.2) is 23.0 Å². The molecule has 20 heteroatoms. The number of carbonyl (C=O) groups excluding carboxylic acids is 7. The lowest BCUT2D eigenvalue weighted by Crippen LogP contribution is -2.44. The molecule has 20 nitrogen and oxygen atoms in total. The fourth-order valence-electron chi connectivity index (χ4n) is 10.5. The summed E-state index contributed by atoms with van der Waals surface area (Å²) >= 11 is 0. The number of fused-ring (bicyclic) bond motifs is 8. The molecule has 10 rings (SSSR count). The fraction of sp³-hybridized carbons (Fsp3) is 0.316. The summed E-state index contributed by atoms with van der Waals surface area (Å²) < 4.78 is 24.3. The Kier molecular flexibility index (Phi) is 15.0. The zero-order valence-corrected chi connectivity index (χ0v) is 42.7. The minimum atomic E-state index is -0.638. The summed E-state index contributed by atoms with van der Waals surface area (Å²) in [5, 5.41) is 13.0. The number of hydrogen-bond donors (Lipinski definition) is 5. The molecule has 2 atom stereocenters. The second-order valence-corrected chi connectivity index (χ2v) is 19.3. The lowest BCUT2D eigenvalue weighted by Gasteiger charge is -2.26. The molecule has 0 bridgehead atoms. The Balaban J connectivity index is 0.817. The van der Waals surface area contributed by atoms with Gasteiger partial charge in [0.05, 0.1) is 68.4 Å². The minimum absolute atomic E-state index is 0.0406. The van der Waals surface area contributed by atoms with E-state index in [-0.39, 0.29) is 67.3 Å². The van der Waals surface area contributed by atoms with E-state index in [2.05, 4.69) is 26.6 Å². The number of aliphatic imine (C=N–C) groups is 2. The number of amides is 7. The van der Waals surface area contributed by atoms with E-state index < -0.39 is 30.8 Å². The molecule has 4 aliphatic heterocycles. The lowest BCUT2D eigenvalue weighted by molar-refractivity contribution is -0.131. The summed E-state index contributed by atoms with van der Waals surface area (Å²) in [6, 6.07) is 26.9. The first kappa shape index (κ1) is 51.4. The molecule has 4 heterocycles. The predicted molar refractivity (Wildman–Crippen MR) is 286 cm³/mol. The van der Waals surface area contributed by atoms with Crippen LogP contribution in [-0.2, 0) is 50.0 Å². The van der Waals surface area contributed by atoms with Gasteiger partial charge < -0.3 is 45.5 Å². The number of rotatable bonds is 17. The van der Waals surface area contributed by atoms with Gasteiger partial charge in [-0.05, 0) is 90.4 Å². The van der Waals surface area contributed by atoms with Crippen LogP contribution in [0.4, 0.5) is 28.4 Å². The van der Waals surface area contributed by atoms with Crippen molar-refractivity contribution in [2.75, 3.05) is 56.0 Å². The van der Waals surface area contributed by atoms with E-state index in [9.17, 15) is 33.6 Å². The van der Waals surface area contributed by atoms with Crippen LogP contribution in [0.1, 0.15) is 68.7 Å². The van der Waals surface area contributed by atoms with Crippen molar-refractivity contribution in [1.82, 2.24) is 21.3 Å². The van der Waals surface area contributed by atoms with Gasteiger partial charge in [-0.1, -0.05) is 36.4 Å². The summed E-state index contributed by atoms with van der Waals surface area (Å²) in [6.45, 7) is -1.30. The molecule has 0 unspecified atom stereocenters. The molecule has 0 saturated heterocycles. The first-order chi connectivity index (χ1) is 37.4. The largest absolute Gasteiger partial charge is 0.493 e. The molecule has 0 spiro atoms. The fourth-order valence-corrected chi connectivity index (χ4v) is 10.5. The molecular formula is C57H57N9O11. The number of nitrogens with zero attached hydrogens (tertiary/aromatic N) is 4. The molecule has 5 N–H and O–H groups in total. The highest BCUT2D eigenvalue weighted by Gasteiger charge is 2.38. The topological polar surface area (TPSA) is 248 Å². The van der Waals surface area contributed by atoms with E-state index in [1.165, 1.54) is 14.2 Å². The van der Waals surface area contributed by atoms with Crippen LogP contribution in [0.2, 0.25) is 0 Å². The number of anilines is 3. The van der Waals surface area contributed by atoms with Gasteiger partial charge in [0, 0.05) is 73.3 Å². The molecule has 5 aromatic carbocycles. The van der Waals surface area contributed by atoms with E-state index in [1.807, 2.05) is 54.6 Å². The maximum Gasteiger partial charge on any atom is 0.261 e. The van der Waals surface area contributed by atoms with Crippen LogP contribution in [0.25, 0.3) is 0 Å². The first-order valence-electron chi connectivity index (χ1n) is 25.4. The van der Waals surface area contributed by atoms with Crippen molar-refractivity contribution in [1.29, 1.82) is 0 Å². The number of benzene rings is 5. The SMILES string of the molecule is CNC(=O)C1CCC(C(=O)NCC(=O)NCC(=O)NCC(=O)Nc2cc(COc3cc4c(cc3OC)C(=O)N3c5ccccc5C[C@H]3C=N4)cc(COc3cc4c(cc3OC)C(=O)N3c5ccccc5C[C@H]3C=N4)c2)CC1. The standard InChI is InChI=1S/C57H57N9O11/c1-58-54(70)34-12-14-35(15-13-34)55(71)63-28-52(68)61-27-51(67)62-29-53(69)64-38-17-32(30-76-49-23-43-41(21-47(49)74-2)56(72)65-39(25-59-43)19-36-8-4-6-10-45(36)65)16-33(18-38)31-77-50-24-44-42(22-48(50)75-3)57(73)66-40(26-60-44)20-37-9-5-7-11-46(37)66/h4-11,16-18,21-26,34-35,39-40H,12-15,19-20,27-31H2,1-3H3,(H,58,70)(H,61,68)(H,62,67)(H,63,71)(H,64,69)/t34?,35?,39-,40-/m0/s1. The maximum absolute atomic E-state index is 14.1. The highest BCUT2D eigenvalue weighted by Crippen LogP contribution is 2.43. The molecule has 77 heavy (non-hydrogen) atoms. The highest BCUT2D eigenvalue weighted by atomic mass is 16.5. The van der Waals surface area contributed by atoms with E-state index in [1.54, 1.807) is 65.7 Å².